The Labute approximate surface area is 137 Å². The highest BCUT2D eigenvalue weighted by molar-refractivity contribution is 5.72. The molecule has 7 nitrogen and oxygen atoms in total. The van der Waals surface area contributed by atoms with Crippen LogP contribution in [-0.4, -0.2) is 66.2 Å². The lowest BCUT2D eigenvalue weighted by Crippen LogP contribution is -3.00. The molecule has 0 radical (unpaired) electrons. The molecular formula is C12H22ClNO6. The van der Waals surface area contributed by atoms with Gasteiger partial charge in [-0.3, -0.25) is 14.4 Å². The van der Waals surface area contributed by atoms with E-state index in [0.717, 1.165) is 0 Å². The van der Waals surface area contributed by atoms with E-state index in [0.29, 0.717) is 0 Å². The Bertz CT molecular complexity index is 554. The summed E-state index contributed by atoms with van der Waals surface area (Å²) in [7, 11) is 0. The maximum Gasteiger partial charge on any atom is 0.307 e. The van der Waals surface area contributed by atoms with E-state index in [2.05, 4.69) is 0 Å². The molecule has 0 saturated carbocycles. The second-order valence-corrected chi connectivity index (χ2v) is 3.95. The number of carboxylic acid groups (broad SMARTS) is 2. The van der Waals surface area contributed by atoms with Crippen molar-refractivity contribution in [1.29, 1.82) is 0 Å². The zero-order valence-electron chi connectivity index (χ0n) is 19.5. The lowest BCUT2D eigenvalue weighted by molar-refractivity contribution is -0.873. The summed E-state index contributed by atoms with van der Waals surface area (Å²) >= 11 is 0. The molecule has 0 amide bonds. The fraction of sp³-hybridized carbons (Fsp3) is 0.750. The summed E-state index contributed by atoms with van der Waals surface area (Å²) in [6, 6.07) is 0. The molecule has 0 aromatic heterocycles. The molecule has 0 fully saturated rings. The van der Waals surface area contributed by atoms with Crippen LogP contribution in [0.15, 0.2) is 0 Å². The monoisotopic (exact) mass is 320 g/mol. The minimum absolute atomic E-state index is 0. The van der Waals surface area contributed by atoms with Crippen molar-refractivity contribution in [1.82, 2.24) is 0 Å². The number of rotatable bonds is 9. The van der Waals surface area contributed by atoms with Gasteiger partial charge in [-0.25, -0.2) is 0 Å². The molecule has 118 valence electrons. The van der Waals surface area contributed by atoms with Crippen LogP contribution in [0.4, 0.5) is 0 Å². The average molecular weight is 321 g/mol. The summed E-state index contributed by atoms with van der Waals surface area (Å²) in [5.74, 6) is -3.88. The molecule has 8 heteroatoms. The van der Waals surface area contributed by atoms with E-state index < -0.39 is 75.2 Å². The van der Waals surface area contributed by atoms with E-state index >= 15 is 0 Å². The largest absolute Gasteiger partial charge is 1.00 e. The van der Waals surface area contributed by atoms with Crippen LogP contribution < -0.4 is 12.4 Å². The first-order valence-corrected chi connectivity index (χ1v) is 5.36. The molecular weight excluding hydrogens is 290 g/mol. The highest BCUT2D eigenvalue weighted by Crippen LogP contribution is 2.08. The Morgan fingerprint density at radius 3 is 2.20 bits per heavy atom. The van der Waals surface area contributed by atoms with E-state index in [4.69, 9.17) is 27.3 Å². The van der Waals surface area contributed by atoms with Gasteiger partial charge in [-0.15, -0.1) is 0 Å². The quantitative estimate of drug-likeness (QED) is 0.355. The van der Waals surface area contributed by atoms with Crippen LogP contribution in [-0.2, 0) is 19.1 Å². The first kappa shape index (κ1) is 8.84. The fourth-order valence-corrected chi connectivity index (χ4v) is 1.27. The molecule has 0 aliphatic carbocycles. The zero-order chi connectivity index (χ0) is 22.6. The standard InChI is InChI=1S/C12H21NO6.ClH/c1-13(2,3)8-9(7-11(16)17)19-12(18)6-4-5-10(14)15;/h9H,4-8H2,1-3H3,(H-,14,15,16,17);1H/t9-;/m1./s1/i1D3,2D3,3D3;. The minimum Gasteiger partial charge on any atom is -1.00 e. The molecule has 0 spiro atoms. The Kier molecular flexibility index (Phi) is 4.22. The molecule has 20 heavy (non-hydrogen) atoms. The number of hydrogen-bond donors (Lipinski definition) is 2. The highest BCUT2D eigenvalue weighted by atomic mass is 35.5. The number of likely N-dealkylation sites (N-methyl/N-ethyl adjacent to an activating group) is 1. The number of nitrogens with zero attached hydrogens (tertiary/aromatic N) is 1. The van der Waals surface area contributed by atoms with Crippen molar-refractivity contribution in [3.8, 4) is 0 Å². The van der Waals surface area contributed by atoms with Gasteiger partial charge >= 0.3 is 17.9 Å². The second-order valence-electron chi connectivity index (χ2n) is 3.95. The van der Waals surface area contributed by atoms with Gasteiger partial charge in [-0.1, -0.05) is 0 Å². The van der Waals surface area contributed by atoms with Gasteiger partial charge in [0.2, 0.25) is 0 Å². The van der Waals surface area contributed by atoms with E-state index in [-0.39, 0.29) is 18.8 Å². The molecule has 0 aromatic carbocycles. The lowest BCUT2D eigenvalue weighted by atomic mass is 10.2. The van der Waals surface area contributed by atoms with E-state index in [9.17, 15) is 14.4 Å². The number of quaternary nitrogens is 1. The van der Waals surface area contributed by atoms with Crippen LogP contribution in [0.5, 0.6) is 0 Å². The Balaban J connectivity index is 0. The van der Waals surface area contributed by atoms with Gasteiger partial charge in [0.25, 0.3) is 0 Å². The third-order valence-electron chi connectivity index (χ3n) is 1.95. The van der Waals surface area contributed by atoms with Crippen molar-refractivity contribution < 1.29 is 58.6 Å². The average Bonchev–Trinajstić information content (AvgIpc) is 2.38. The maximum atomic E-state index is 11.8. The molecule has 0 rings (SSSR count). The third kappa shape index (κ3) is 13.1. The second kappa shape index (κ2) is 9.55. The number of aliphatic carboxylic acids is 2. The maximum absolute atomic E-state index is 11.8. The molecule has 0 unspecified atom stereocenters. The normalized spacial score (nSPS) is 20.7. The number of ether oxygens (including phenoxy) is 1. The van der Waals surface area contributed by atoms with Crippen LogP contribution in [0, 0.1) is 0 Å². The summed E-state index contributed by atoms with van der Waals surface area (Å²) in [5, 5.41) is 17.5. The molecule has 0 aromatic rings. The number of esters is 1. The Morgan fingerprint density at radius 2 is 1.75 bits per heavy atom. The Hall–Kier alpha value is -1.34. The number of halogens is 1. The summed E-state index contributed by atoms with van der Waals surface area (Å²) < 4.78 is 69.8. The number of carboxylic acids is 2. The lowest BCUT2D eigenvalue weighted by Gasteiger charge is -2.28. The van der Waals surface area contributed by atoms with E-state index in [1.165, 1.54) is 0 Å². The summed E-state index contributed by atoms with van der Waals surface area (Å²) in [5.41, 5.74) is 0. The SMILES string of the molecule is [2H]C([2H])([2H])[N+](C[C@@H](CC(=O)O)OC(=O)CCCC(=O)O)(C([2H])([2H])[2H])C([2H])([2H])[2H].[Cl-]. The van der Waals surface area contributed by atoms with Gasteiger partial charge in [0.1, 0.15) is 6.54 Å². The smallest absolute Gasteiger partial charge is 0.307 e. The zero-order valence-corrected chi connectivity index (χ0v) is 11.2. The number of hydrogen-bond acceptors (Lipinski definition) is 4. The van der Waals surface area contributed by atoms with Gasteiger partial charge in [-0.2, -0.15) is 0 Å². The van der Waals surface area contributed by atoms with Crippen LogP contribution in [0.2, 0.25) is 0 Å². The molecule has 2 N–H and O–H groups in total. The van der Waals surface area contributed by atoms with Crippen molar-refractivity contribution >= 4 is 17.9 Å². The topological polar surface area (TPSA) is 101 Å². The van der Waals surface area contributed by atoms with Crippen molar-refractivity contribution in [2.45, 2.75) is 31.8 Å². The van der Waals surface area contributed by atoms with Gasteiger partial charge in [0.15, 0.2) is 6.10 Å². The predicted octanol–water partition coefficient (Wildman–Crippen LogP) is -2.66. The van der Waals surface area contributed by atoms with Gasteiger partial charge < -0.3 is 31.8 Å². The molecule has 1 atom stereocenters. The molecule has 0 heterocycles. The van der Waals surface area contributed by atoms with Crippen LogP contribution in [0.3, 0.4) is 0 Å². The van der Waals surface area contributed by atoms with Crippen LogP contribution in [0.1, 0.15) is 38.0 Å². The van der Waals surface area contributed by atoms with Crippen LogP contribution >= 0.6 is 0 Å². The van der Waals surface area contributed by atoms with Gasteiger partial charge in [-0.05, 0) is 6.42 Å². The summed E-state index contributed by atoms with van der Waals surface area (Å²) in [6.45, 7) is -12.2. The Morgan fingerprint density at radius 1 is 1.15 bits per heavy atom. The third-order valence-corrected chi connectivity index (χ3v) is 1.95. The number of carbonyl (C=O) groups is 3. The van der Waals surface area contributed by atoms with E-state index in [1.54, 1.807) is 0 Å². The fourth-order valence-electron chi connectivity index (χ4n) is 1.27. The van der Waals surface area contributed by atoms with Gasteiger partial charge in [0.05, 0.1) is 39.7 Å². The van der Waals surface area contributed by atoms with Crippen molar-refractivity contribution in [2.24, 2.45) is 0 Å². The number of carbonyl (C=O) groups excluding carboxylic acids is 1. The first-order valence-electron chi connectivity index (χ1n) is 9.86. The molecule has 0 aliphatic rings. The highest BCUT2D eigenvalue weighted by Gasteiger charge is 2.24. The summed E-state index contributed by atoms with van der Waals surface area (Å²) in [6.07, 6.45) is -3.93. The van der Waals surface area contributed by atoms with Gasteiger partial charge in [0, 0.05) is 12.8 Å². The van der Waals surface area contributed by atoms with Crippen LogP contribution in [0.25, 0.3) is 0 Å². The summed E-state index contributed by atoms with van der Waals surface area (Å²) in [4.78, 5) is 33.3. The molecule has 0 bridgehead atoms. The van der Waals surface area contributed by atoms with Crippen molar-refractivity contribution in [2.75, 3.05) is 27.5 Å². The van der Waals surface area contributed by atoms with Crippen molar-refractivity contribution in [3.05, 3.63) is 0 Å². The van der Waals surface area contributed by atoms with Crippen molar-refractivity contribution in [3.63, 3.8) is 0 Å². The molecule has 0 aliphatic heterocycles. The molecule has 0 saturated heterocycles. The van der Waals surface area contributed by atoms with E-state index in [1.807, 2.05) is 0 Å². The first-order chi connectivity index (χ1) is 12.3. The predicted molar refractivity (Wildman–Crippen MR) is 66.5 cm³/mol. The minimum atomic E-state index is -3.62.